The van der Waals surface area contributed by atoms with Gasteiger partial charge in [0.05, 0.1) is 6.10 Å². The van der Waals surface area contributed by atoms with Crippen molar-refractivity contribution in [2.75, 3.05) is 13.1 Å². The predicted molar refractivity (Wildman–Crippen MR) is 87.0 cm³/mol. The molecule has 2 amide bonds. The minimum atomic E-state index is -0.718. The lowest BCUT2D eigenvalue weighted by atomic mass is 10.2. The van der Waals surface area contributed by atoms with Crippen molar-refractivity contribution in [3.8, 4) is 0 Å². The Kier molecular flexibility index (Phi) is 10.2. The number of carbonyl (C=O) groups is 2. The van der Waals surface area contributed by atoms with E-state index in [4.69, 9.17) is 9.84 Å². The van der Waals surface area contributed by atoms with Gasteiger partial charge in [0.1, 0.15) is 5.60 Å². The topological polar surface area (TPSA) is 99.1 Å². The van der Waals surface area contributed by atoms with Crippen molar-refractivity contribution in [1.82, 2.24) is 10.4 Å². The lowest BCUT2D eigenvalue weighted by Crippen LogP contribution is -2.33. The van der Waals surface area contributed by atoms with E-state index in [1.54, 1.807) is 0 Å². The fraction of sp³-hybridized carbons (Fsp3) is 0.750. The van der Waals surface area contributed by atoms with Crippen LogP contribution in [0, 0.1) is 0 Å². The molecule has 134 valence electrons. The molecule has 0 aromatic carbocycles. The second-order valence-electron chi connectivity index (χ2n) is 6.40. The Labute approximate surface area is 138 Å². The van der Waals surface area contributed by atoms with E-state index in [1.165, 1.54) is 13.0 Å². The van der Waals surface area contributed by atoms with Crippen molar-refractivity contribution < 1.29 is 24.6 Å². The molecule has 7 nitrogen and oxygen atoms in total. The van der Waals surface area contributed by atoms with Crippen molar-refractivity contribution in [2.45, 2.75) is 65.1 Å². The number of unbranched alkanes of at least 4 members (excludes halogenated alkanes) is 3. The number of nitrogens with zero attached hydrogens (tertiary/aromatic N) is 1. The summed E-state index contributed by atoms with van der Waals surface area (Å²) in [6.45, 7) is 7.73. The highest BCUT2D eigenvalue weighted by atomic mass is 16.6. The molecule has 0 rings (SSSR count). The summed E-state index contributed by atoms with van der Waals surface area (Å²) >= 11 is 0. The van der Waals surface area contributed by atoms with Gasteiger partial charge in [0.15, 0.2) is 0 Å². The van der Waals surface area contributed by atoms with Gasteiger partial charge in [-0.2, -0.15) is 0 Å². The van der Waals surface area contributed by atoms with Gasteiger partial charge in [0.2, 0.25) is 0 Å². The first-order chi connectivity index (χ1) is 10.6. The third-order valence-electron chi connectivity index (χ3n) is 2.74. The summed E-state index contributed by atoms with van der Waals surface area (Å²) in [7, 11) is 0. The Bertz CT molecular complexity index is 388. The van der Waals surface area contributed by atoms with Crippen molar-refractivity contribution in [2.24, 2.45) is 0 Å². The maximum Gasteiger partial charge on any atom is 0.407 e. The van der Waals surface area contributed by atoms with E-state index >= 15 is 0 Å². The number of carbonyl (C=O) groups excluding carboxylic acids is 2. The van der Waals surface area contributed by atoms with Crippen LogP contribution >= 0.6 is 0 Å². The molecule has 0 bridgehead atoms. The zero-order chi connectivity index (χ0) is 17.9. The van der Waals surface area contributed by atoms with E-state index in [2.05, 4.69) is 5.32 Å². The minimum Gasteiger partial charge on any atom is -0.444 e. The lowest BCUT2D eigenvalue weighted by Gasteiger charge is -2.19. The molecule has 3 N–H and O–H groups in total. The summed E-state index contributed by atoms with van der Waals surface area (Å²) < 4.78 is 5.11. The highest BCUT2D eigenvalue weighted by Gasteiger charge is 2.15. The molecular weight excluding hydrogens is 300 g/mol. The van der Waals surface area contributed by atoms with Gasteiger partial charge in [-0.3, -0.25) is 10.0 Å². The number of hydroxylamine groups is 2. The third kappa shape index (κ3) is 13.8. The van der Waals surface area contributed by atoms with E-state index in [0.29, 0.717) is 18.0 Å². The van der Waals surface area contributed by atoms with Gasteiger partial charge in [-0.1, -0.05) is 18.9 Å². The molecule has 23 heavy (non-hydrogen) atoms. The zero-order valence-electron chi connectivity index (χ0n) is 14.5. The Morgan fingerprint density at radius 2 is 1.83 bits per heavy atom. The highest BCUT2D eigenvalue weighted by molar-refractivity contribution is 5.86. The average Bonchev–Trinajstić information content (AvgIpc) is 2.41. The predicted octanol–water partition coefficient (Wildman–Crippen LogP) is 2.23. The van der Waals surface area contributed by atoms with Crippen LogP contribution in [-0.4, -0.2) is 52.2 Å². The maximum absolute atomic E-state index is 11.4. The largest absolute Gasteiger partial charge is 0.444 e. The maximum atomic E-state index is 11.4. The molecule has 0 heterocycles. The second kappa shape index (κ2) is 11.0. The molecule has 1 unspecified atom stereocenters. The molecule has 0 radical (unpaired) electrons. The molecule has 7 heteroatoms. The molecular formula is C16H30N2O5. The molecule has 0 saturated carbocycles. The lowest BCUT2D eigenvalue weighted by molar-refractivity contribution is -0.159. The zero-order valence-corrected chi connectivity index (χ0v) is 14.5. The van der Waals surface area contributed by atoms with E-state index in [0.717, 1.165) is 25.3 Å². The van der Waals surface area contributed by atoms with Crippen LogP contribution in [0.3, 0.4) is 0 Å². The van der Waals surface area contributed by atoms with Gasteiger partial charge in [-0.15, -0.1) is 0 Å². The molecule has 0 aliphatic heterocycles. The monoisotopic (exact) mass is 330 g/mol. The van der Waals surface area contributed by atoms with Crippen LogP contribution < -0.4 is 5.32 Å². The van der Waals surface area contributed by atoms with Crippen molar-refractivity contribution >= 4 is 12.0 Å². The summed E-state index contributed by atoms with van der Waals surface area (Å²) in [6, 6.07) is 0. The van der Waals surface area contributed by atoms with Gasteiger partial charge >= 0.3 is 6.09 Å². The standard InChI is InChI=1S/C16H30N2O5/c1-13(19)9-10-14(20)18(22)12-8-6-5-7-11-17-15(21)23-16(2,3)4/h9-10,13,19,22H,5-8,11-12H2,1-4H3,(H,17,21)/b10-9-. The Balaban J connectivity index is 3.63. The fourth-order valence-electron chi connectivity index (χ4n) is 1.66. The quantitative estimate of drug-likeness (QED) is 0.260. The fourth-order valence-corrected chi connectivity index (χ4v) is 1.66. The number of rotatable bonds is 9. The molecule has 1 atom stereocenters. The van der Waals surface area contributed by atoms with Gasteiger partial charge < -0.3 is 15.2 Å². The van der Waals surface area contributed by atoms with Gasteiger partial charge in [0.25, 0.3) is 5.91 Å². The van der Waals surface area contributed by atoms with Crippen LogP contribution in [-0.2, 0) is 9.53 Å². The number of amides is 2. The summed E-state index contributed by atoms with van der Waals surface area (Å²) in [5, 5.41) is 21.8. The second-order valence-corrected chi connectivity index (χ2v) is 6.40. The minimum absolute atomic E-state index is 0.239. The Hall–Kier alpha value is -1.60. The van der Waals surface area contributed by atoms with Gasteiger partial charge in [0, 0.05) is 19.2 Å². The summed E-state index contributed by atoms with van der Waals surface area (Å²) in [4.78, 5) is 22.8. The number of hydrogen-bond donors (Lipinski definition) is 3. The highest BCUT2D eigenvalue weighted by Crippen LogP contribution is 2.06. The average molecular weight is 330 g/mol. The molecule has 0 fully saturated rings. The summed E-state index contributed by atoms with van der Waals surface area (Å²) in [5.41, 5.74) is -0.497. The number of alkyl carbamates (subject to hydrolysis) is 1. The van der Waals surface area contributed by atoms with Gasteiger partial charge in [-0.25, -0.2) is 9.86 Å². The van der Waals surface area contributed by atoms with E-state index in [1.807, 2.05) is 20.8 Å². The normalized spacial score (nSPS) is 13.0. The van der Waals surface area contributed by atoms with E-state index in [-0.39, 0.29) is 6.54 Å². The van der Waals surface area contributed by atoms with E-state index in [9.17, 15) is 14.8 Å². The number of ether oxygens (including phenoxy) is 1. The van der Waals surface area contributed by atoms with Crippen molar-refractivity contribution in [3.05, 3.63) is 12.2 Å². The van der Waals surface area contributed by atoms with E-state index < -0.39 is 23.7 Å². The molecule has 0 aliphatic rings. The van der Waals surface area contributed by atoms with Crippen molar-refractivity contribution in [3.63, 3.8) is 0 Å². The smallest absolute Gasteiger partial charge is 0.407 e. The first kappa shape index (κ1) is 21.4. The SMILES string of the molecule is CC(O)/C=C\C(=O)N(O)CCCCCCNC(=O)OC(C)(C)C. The van der Waals surface area contributed by atoms with Crippen LogP contribution in [0.4, 0.5) is 4.79 Å². The molecule has 0 aliphatic carbocycles. The van der Waals surface area contributed by atoms with Crippen LogP contribution in [0.25, 0.3) is 0 Å². The number of hydrogen-bond acceptors (Lipinski definition) is 5. The van der Waals surface area contributed by atoms with Crippen LogP contribution in [0.5, 0.6) is 0 Å². The number of aliphatic hydroxyl groups excluding tert-OH is 1. The molecule has 0 aromatic rings. The third-order valence-corrected chi connectivity index (χ3v) is 2.74. The van der Waals surface area contributed by atoms with Crippen LogP contribution in [0.1, 0.15) is 53.4 Å². The first-order valence-electron chi connectivity index (χ1n) is 7.95. The molecule has 0 spiro atoms. The summed E-state index contributed by atoms with van der Waals surface area (Å²) in [6.07, 6.45) is 4.50. The van der Waals surface area contributed by atoms with Crippen LogP contribution in [0.15, 0.2) is 12.2 Å². The molecule has 0 saturated heterocycles. The number of aliphatic hydroxyl groups is 1. The first-order valence-corrected chi connectivity index (χ1v) is 7.95. The van der Waals surface area contributed by atoms with Crippen molar-refractivity contribution in [1.29, 1.82) is 0 Å². The summed E-state index contributed by atoms with van der Waals surface area (Å²) in [5.74, 6) is -0.544. The van der Waals surface area contributed by atoms with Crippen LogP contribution in [0.2, 0.25) is 0 Å². The van der Waals surface area contributed by atoms with Gasteiger partial charge in [-0.05, 0) is 40.5 Å². The molecule has 0 aromatic heterocycles. The Morgan fingerprint density at radius 3 is 2.39 bits per heavy atom. The number of nitrogens with one attached hydrogen (secondary N) is 1. The Morgan fingerprint density at radius 1 is 1.22 bits per heavy atom.